The number of carbonyl (C=O) groups is 11. The Morgan fingerprint density at radius 2 is 0.542 bits per heavy atom. The predicted octanol–water partition coefficient (Wildman–Crippen LogP) is 4.83. The van der Waals surface area contributed by atoms with Crippen molar-refractivity contribution in [2.45, 2.75) is 184 Å². The van der Waals surface area contributed by atoms with E-state index >= 15 is 0 Å². The molecule has 0 bridgehead atoms. The highest BCUT2D eigenvalue weighted by atomic mass is 16.5. The summed E-state index contributed by atoms with van der Waals surface area (Å²) in [4.78, 5) is 144. The van der Waals surface area contributed by atoms with Crippen LogP contribution in [0.3, 0.4) is 0 Å². The van der Waals surface area contributed by atoms with E-state index < -0.39 is 114 Å². The minimum atomic E-state index is -0.935. The zero-order valence-corrected chi connectivity index (χ0v) is 69.3. The lowest BCUT2D eigenvalue weighted by molar-refractivity contribution is -0.145. The standard InChI is InChI=1S/C78H106N18O22/c1-43(2)22-64(70(99)81-47(9)74(103)108-13)93-35-54(85-89-93)39-115-60-26-51(27-61(33-60)116-40-55-36-94(90-86-55)65(23-44(3)4)71(100)82-48(10)75(104)109-14)68(97)79-18-20-113-58-30-53(78(107)112-17)31-59(32-58)114-21-19-80-69(98)52-28-62(117-41-56-37-95(91-87-56)66(24-45(5)6)72(101)83-49(11)76(105)110-15)34-63(29-52)118-42-57-38-96(92-88-57)67(25-46(7)8)73(102)84-50(12)77(106)111-16/h26-38,43-50,64-67H,18-25,39-42H2,1-17H3,(H,79,97)(H,80,98)(H,81,99)(H,82,100)(H,83,101)(H,84,102)/t47-,48-,49-,50-,64-,65-,66-,67-/m0/s1. The molecular weight excluding hydrogens is 1540 g/mol. The lowest BCUT2D eigenvalue weighted by Gasteiger charge is -2.20. The highest BCUT2D eigenvalue weighted by Crippen LogP contribution is 2.30. The Morgan fingerprint density at radius 1 is 0.314 bits per heavy atom. The number of hydrogen-bond donors (Lipinski definition) is 6. The van der Waals surface area contributed by atoms with Gasteiger partial charge >= 0.3 is 29.8 Å². The predicted molar refractivity (Wildman–Crippen MR) is 416 cm³/mol. The number of ether oxygens (including phenoxy) is 11. The van der Waals surface area contributed by atoms with E-state index in [1.807, 2.05) is 55.4 Å². The number of nitrogens with zero attached hydrogens (tertiary/aromatic N) is 12. The molecule has 0 aliphatic rings. The van der Waals surface area contributed by atoms with Crippen LogP contribution in [-0.2, 0) is 88.5 Å². The van der Waals surface area contributed by atoms with Crippen LogP contribution in [0.15, 0.2) is 79.4 Å². The number of hydrogen-bond acceptors (Lipinski definition) is 30. The summed E-state index contributed by atoms with van der Waals surface area (Å²) in [5.41, 5.74) is 1.38. The first-order valence-electron chi connectivity index (χ1n) is 38.2. The zero-order valence-electron chi connectivity index (χ0n) is 69.3. The number of esters is 5. The first-order valence-corrected chi connectivity index (χ1v) is 38.2. The molecule has 7 rings (SSSR count). The van der Waals surface area contributed by atoms with Crippen LogP contribution in [0.2, 0.25) is 0 Å². The fraction of sp³-hybridized carbons (Fsp3) is 0.526. The molecule has 40 heteroatoms. The number of nitrogens with one attached hydrogen (secondary N) is 6. The van der Waals surface area contributed by atoms with Crippen LogP contribution in [0.25, 0.3) is 0 Å². The van der Waals surface area contributed by atoms with Crippen LogP contribution >= 0.6 is 0 Å². The Hall–Kier alpha value is -12.8. The van der Waals surface area contributed by atoms with Crippen LogP contribution in [0.4, 0.5) is 0 Å². The van der Waals surface area contributed by atoms with Crippen LogP contribution in [0, 0.1) is 23.7 Å². The first kappa shape index (κ1) is 92.4. The quantitative estimate of drug-likeness (QED) is 0.0169. The molecule has 4 heterocycles. The molecule has 3 aromatic carbocycles. The normalized spacial score (nSPS) is 13.3. The van der Waals surface area contributed by atoms with Gasteiger partial charge in [-0.15, -0.1) is 20.4 Å². The van der Waals surface area contributed by atoms with Crippen molar-refractivity contribution in [3.8, 4) is 34.5 Å². The molecule has 8 atom stereocenters. The van der Waals surface area contributed by atoms with Crippen molar-refractivity contribution in [1.29, 1.82) is 0 Å². The summed E-state index contributed by atoms with van der Waals surface area (Å²) in [6, 6.07) is 6.02. The van der Waals surface area contributed by atoms with Gasteiger partial charge in [0.15, 0.2) is 0 Å². The van der Waals surface area contributed by atoms with Gasteiger partial charge in [0, 0.05) is 29.3 Å². The molecule has 40 nitrogen and oxygen atoms in total. The number of carbonyl (C=O) groups excluding carboxylic acids is 11. The monoisotopic (exact) mass is 1650 g/mol. The van der Waals surface area contributed by atoms with E-state index in [0.29, 0.717) is 48.5 Å². The highest BCUT2D eigenvalue weighted by Gasteiger charge is 2.32. The van der Waals surface area contributed by atoms with E-state index in [1.54, 1.807) is 0 Å². The number of aromatic nitrogens is 12. The molecule has 118 heavy (non-hydrogen) atoms. The Morgan fingerprint density at radius 3 is 0.763 bits per heavy atom. The van der Waals surface area contributed by atoms with Gasteiger partial charge < -0.3 is 84.0 Å². The Bertz CT molecular complexity index is 4080. The first-order chi connectivity index (χ1) is 56.2. The highest BCUT2D eigenvalue weighted by molar-refractivity contribution is 5.96. The van der Waals surface area contributed by atoms with E-state index in [9.17, 15) is 52.7 Å². The van der Waals surface area contributed by atoms with E-state index in [2.05, 4.69) is 73.1 Å². The molecule has 0 saturated carbocycles. The molecule has 0 aliphatic carbocycles. The van der Waals surface area contributed by atoms with Gasteiger partial charge in [-0.05, 0) is 113 Å². The van der Waals surface area contributed by atoms with Gasteiger partial charge in [0.2, 0.25) is 23.6 Å². The van der Waals surface area contributed by atoms with Crippen LogP contribution < -0.4 is 60.3 Å². The second-order valence-corrected chi connectivity index (χ2v) is 29.3. The lowest BCUT2D eigenvalue weighted by atomic mass is 10.0. The van der Waals surface area contributed by atoms with Gasteiger partial charge in [-0.3, -0.25) is 28.8 Å². The van der Waals surface area contributed by atoms with Crippen molar-refractivity contribution >= 4 is 65.3 Å². The van der Waals surface area contributed by atoms with Gasteiger partial charge in [0.25, 0.3) is 11.8 Å². The zero-order chi connectivity index (χ0) is 86.4. The van der Waals surface area contributed by atoms with E-state index in [-0.39, 0.29) is 128 Å². The van der Waals surface area contributed by atoms with Crippen molar-refractivity contribution < 1.29 is 105 Å². The maximum absolute atomic E-state index is 14.1. The second-order valence-electron chi connectivity index (χ2n) is 29.3. The third-order valence-corrected chi connectivity index (χ3v) is 17.6. The average molecular weight is 1650 g/mol. The summed E-state index contributed by atoms with van der Waals surface area (Å²) in [5, 5.41) is 50.1. The number of amides is 6. The summed E-state index contributed by atoms with van der Waals surface area (Å²) >= 11 is 0. The van der Waals surface area contributed by atoms with Gasteiger partial charge in [-0.2, -0.15) is 0 Å². The van der Waals surface area contributed by atoms with Gasteiger partial charge in [-0.1, -0.05) is 76.2 Å². The summed E-state index contributed by atoms with van der Waals surface area (Å²) < 4.78 is 66.6. The molecule has 0 unspecified atom stereocenters. The van der Waals surface area contributed by atoms with Gasteiger partial charge in [-0.25, -0.2) is 42.7 Å². The Kier molecular flexibility index (Phi) is 35.1. The van der Waals surface area contributed by atoms with E-state index in [1.165, 1.54) is 161 Å². The van der Waals surface area contributed by atoms with E-state index in [4.69, 9.17) is 52.1 Å². The smallest absolute Gasteiger partial charge is 0.338 e. The maximum atomic E-state index is 14.1. The van der Waals surface area contributed by atoms with E-state index in [0.717, 1.165) is 0 Å². The van der Waals surface area contributed by atoms with Gasteiger partial charge in [0.1, 0.15) is 145 Å². The molecule has 0 fully saturated rings. The summed E-state index contributed by atoms with van der Waals surface area (Å²) in [7, 11) is 6.07. The maximum Gasteiger partial charge on any atom is 0.338 e. The largest absolute Gasteiger partial charge is 0.492 e. The minimum Gasteiger partial charge on any atom is -0.492 e. The SMILES string of the molecule is COC(=O)c1cc(OCCNC(=O)c2cc(OCc3cn([C@@H](CC(C)C)C(=O)N[C@@H](C)C(=O)OC)nn3)cc(OCc3cn([C@@H](CC(C)C)C(=O)N[C@@H](C)C(=O)OC)nn3)c2)cc(OCCNC(=O)c2cc(OCc3cn([C@@H](CC(C)C)C(=O)N[C@@H](C)C(=O)OC)nn3)cc(OCc3cn([C@@H](CC(C)C)C(=O)N[C@@H](C)C(=O)OC)nn3)c2)c1. The second kappa shape index (κ2) is 44.9. The van der Waals surface area contributed by atoms with Crippen LogP contribution in [-0.4, -0.2) is 211 Å². The molecule has 640 valence electrons. The van der Waals surface area contributed by atoms with Crippen molar-refractivity contribution in [2.24, 2.45) is 23.7 Å². The molecule has 0 radical (unpaired) electrons. The van der Waals surface area contributed by atoms with Crippen molar-refractivity contribution in [3.05, 3.63) is 119 Å². The summed E-state index contributed by atoms with van der Waals surface area (Å²) in [6.45, 7) is 20.1. The molecule has 0 aliphatic heterocycles. The number of methoxy groups -OCH3 is 5. The third-order valence-electron chi connectivity index (χ3n) is 17.6. The summed E-state index contributed by atoms with van der Waals surface area (Å²) in [6.07, 6.45) is 7.50. The number of benzene rings is 3. The Labute approximate surface area is 681 Å². The Balaban J connectivity index is 1.05. The van der Waals surface area contributed by atoms with Gasteiger partial charge in [0.05, 0.1) is 79.0 Å². The molecule has 6 N–H and O–H groups in total. The number of rotatable bonds is 47. The molecule has 7 aromatic rings. The van der Waals surface area contributed by atoms with Crippen molar-refractivity contribution in [3.63, 3.8) is 0 Å². The summed E-state index contributed by atoms with van der Waals surface area (Å²) in [5.74, 6) is -5.40. The topological polar surface area (TPSA) is 484 Å². The lowest BCUT2D eigenvalue weighted by Crippen LogP contribution is -2.43. The van der Waals surface area contributed by atoms with Crippen molar-refractivity contribution in [1.82, 2.24) is 91.9 Å². The molecule has 0 spiro atoms. The molecule has 4 aromatic heterocycles. The van der Waals surface area contributed by atoms with Crippen LogP contribution in [0.5, 0.6) is 34.5 Å². The molecule has 0 saturated heterocycles. The molecule has 6 amide bonds. The fourth-order valence-corrected chi connectivity index (χ4v) is 11.6. The minimum absolute atomic E-state index is 0.0298. The fourth-order valence-electron chi connectivity index (χ4n) is 11.6. The third kappa shape index (κ3) is 28.3. The molecular formula is C78H106N18O22. The average Bonchev–Trinajstić information content (AvgIpc) is 1.80. The van der Waals surface area contributed by atoms with Crippen molar-refractivity contribution in [2.75, 3.05) is 61.9 Å². The van der Waals surface area contributed by atoms with Crippen LogP contribution in [0.1, 0.15) is 187 Å².